The Balaban J connectivity index is 2.77. The van der Waals surface area contributed by atoms with E-state index in [1.54, 1.807) is 0 Å². The van der Waals surface area contributed by atoms with Gasteiger partial charge in [0.15, 0.2) is 0 Å². The monoisotopic (exact) mass is 173 g/mol. The van der Waals surface area contributed by atoms with E-state index in [1.807, 2.05) is 0 Å². The number of nitrogens with one attached hydrogen (secondary N) is 1. The molecule has 0 fully saturated rings. The van der Waals surface area contributed by atoms with Crippen molar-refractivity contribution in [3.05, 3.63) is 0 Å². The van der Waals surface area contributed by atoms with Crippen molar-refractivity contribution in [1.29, 1.82) is 0 Å². The van der Waals surface area contributed by atoms with Gasteiger partial charge in [0.2, 0.25) is 0 Å². The summed E-state index contributed by atoms with van der Waals surface area (Å²) in [5.74, 6) is 0. The van der Waals surface area contributed by atoms with Crippen LogP contribution >= 0.6 is 0 Å². The topological polar surface area (TPSA) is 38.3 Å². The molecule has 0 aliphatic carbocycles. The summed E-state index contributed by atoms with van der Waals surface area (Å²) in [5.41, 5.74) is 0. The molecule has 72 valence electrons. The summed E-state index contributed by atoms with van der Waals surface area (Å²) in [6.07, 6.45) is 4.52. The molecule has 3 heteroatoms. The van der Waals surface area contributed by atoms with Crippen molar-refractivity contribution >= 4 is 6.47 Å². The first-order chi connectivity index (χ1) is 5.91. The van der Waals surface area contributed by atoms with Gasteiger partial charge in [-0.25, -0.2) is 0 Å². The average molecular weight is 173 g/mol. The van der Waals surface area contributed by atoms with E-state index in [0.717, 1.165) is 25.9 Å². The molecule has 0 heterocycles. The van der Waals surface area contributed by atoms with Crippen LogP contribution in [0.1, 0.15) is 32.6 Å². The average Bonchev–Trinajstić information content (AvgIpc) is 2.10. The highest BCUT2D eigenvalue weighted by Crippen LogP contribution is 1.88. The van der Waals surface area contributed by atoms with Crippen LogP contribution in [-0.4, -0.2) is 26.2 Å². The maximum atomic E-state index is 9.74. The smallest absolute Gasteiger partial charge is 0.293 e. The lowest BCUT2D eigenvalue weighted by atomic mass is 10.3. The quantitative estimate of drug-likeness (QED) is 0.422. The number of unbranched alkanes of at least 4 members (excludes halogenated alkanes) is 2. The van der Waals surface area contributed by atoms with E-state index in [-0.39, 0.29) is 0 Å². The van der Waals surface area contributed by atoms with Crippen molar-refractivity contribution in [3.8, 4) is 0 Å². The fourth-order valence-corrected chi connectivity index (χ4v) is 0.910. The largest absolute Gasteiger partial charge is 0.468 e. The molecule has 0 bridgehead atoms. The molecule has 0 saturated carbocycles. The van der Waals surface area contributed by atoms with Crippen LogP contribution in [0.2, 0.25) is 0 Å². The van der Waals surface area contributed by atoms with Crippen LogP contribution in [-0.2, 0) is 9.53 Å². The molecule has 0 atom stereocenters. The maximum absolute atomic E-state index is 9.74. The molecule has 0 aromatic heterocycles. The Morgan fingerprint density at radius 1 is 1.25 bits per heavy atom. The Kier molecular flexibility index (Phi) is 9.93. The van der Waals surface area contributed by atoms with E-state index >= 15 is 0 Å². The molecular weight excluding hydrogens is 154 g/mol. The van der Waals surface area contributed by atoms with Crippen molar-refractivity contribution in [2.75, 3.05) is 19.7 Å². The normalized spacial score (nSPS) is 9.75. The van der Waals surface area contributed by atoms with Gasteiger partial charge in [0.1, 0.15) is 0 Å². The van der Waals surface area contributed by atoms with E-state index in [9.17, 15) is 4.79 Å². The second-order valence-electron chi connectivity index (χ2n) is 2.78. The summed E-state index contributed by atoms with van der Waals surface area (Å²) in [4.78, 5) is 9.74. The number of rotatable bonds is 9. The van der Waals surface area contributed by atoms with Crippen LogP contribution in [0.3, 0.4) is 0 Å². The lowest BCUT2D eigenvalue weighted by Gasteiger charge is -2.02. The molecule has 0 spiro atoms. The van der Waals surface area contributed by atoms with E-state index in [2.05, 4.69) is 17.0 Å². The van der Waals surface area contributed by atoms with Crippen molar-refractivity contribution < 1.29 is 9.53 Å². The van der Waals surface area contributed by atoms with Crippen LogP contribution in [0.5, 0.6) is 0 Å². The van der Waals surface area contributed by atoms with Crippen molar-refractivity contribution in [1.82, 2.24) is 5.32 Å². The predicted octanol–water partition coefficient (Wildman–Crippen LogP) is 1.33. The van der Waals surface area contributed by atoms with Gasteiger partial charge in [-0.3, -0.25) is 4.79 Å². The summed E-state index contributed by atoms with van der Waals surface area (Å²) >= 11 is 0. The zero-order valence-electron chi connectivity index (χ0n) is 7.84. The Morgan fingerprint density at radius 2 is 2.00 bits per heavy atom. The zero-order valence-corrected chi connectivity index (χ0v) is 7.84. The fraction of sp³-hybridized carbons (Fsp3) is 0.889. The molecule has 0 radical (unpaired) electrons. The van der Waals surface area contributed by atoms with E-state index < -0.39 is 0 Å². The molecule has 0 aliphatic rings. The third-order valence-electron chi connectivity index (χ3n) is 1.64. The molecule has 1 N–H and O–H groups in total. The van der Waals surface area contributed by atoms with Gasteiger partial charge in [0.25, 0.3) is 6.47 Å². The van der Waals surface area contributed by atoms with Crippen LogP contribution in [0.25, 0.3) is 0 Å². The summed E-state index contributed by atoms with van der Waals surface area (Å²) in [6.45, 7) is 5.37. The molecular formula is C9H19NO2. The van der Waals surface area contributed by atoms with Crippen LogP contribution in [0.4, 0.5) is 0 Å². The van der Waals surface area contributed by atoms with Gasteiger partial charge < -0.3 is 10.1 Å². The molecule has 0 aromatic carbocycles. The summed E-state index contributed by atoms with van der Waals surface area (Å²) in [7, 11) is 0. The molecule has 0 aliphatic heterocycles. The molecule has 0 amide bonds. The number of hydrogen-bond acceptors (Lipinski definition) is 3. The highest BCUT2D eigenvalue weighted by atomic mass is 16.5. The van der Waals surface area contributed by atoms with Crippen LogP contribution < -0.4 is 5.32 Å². The maximum Gasteiger partial charge on any atom is 0.293 e. The highest BCUT2D eigenvalue weighted by Gasteiger charge is 1.88. The number of carbonyl (C=O) groups is 1. The number of hydrogen-bond donors (Lipinski definition) is 1. The molecule has 0 unspecified atom stereocenters. The van der Waals surface area contributed by atoms with E-state index in [0.29, 0.717) is 13.1 Å². The predicted molar refractivity (Wildman–Crippen MR) is 49.0 cm³/mol. The first kappa shape index (κ1) is 11.4. The lowest BCUT2D eigenvalue weighted by Crippen LogP contribution is -2.16. The zero-order chi connectivity index (χ0) is 9.07. The third-order valence-corrected chi connectivity index (χ3v) is 1.64. The standard InChI is InChI=1S/C9H19NO2/c1-2-3-6-10-7-4-5-8-12-9-11/h9-10H,2-8H2,1H3. The molecule has 12 heavy (non-hydrogen) atoms. The van der Waals surface area contributed by atoms with Crippen LogP contribution in [0, 0.1) is 0 Å². The summed E-state index contributed by atoms with van der Waals surface area (Å²) in [6, 6.07) is 0. The van der Waals surface area contributed by atoms with E-state index in [1.165, 1.54) is 12.8 Å². The second kappa shape index (κ2) is 10.4. The Morgan fingerprint density at radius 3 is 2.67 bits per heavy atom. The van der Waals surface area contributed by atoms with Gasteiger partial charge in [0, 0.05) is 0 Å². The van der Waals surface area contributed by atoms with Crippen LogP contribution in [0.15, 0.2) is 0 Å². The minimum Gasteiger partial charge on any atom is -0.468 e. The van der Waals surface area contributed by atoms with Crippen molar-refractivity contribution in [2.45, 2.75) is 32.6 Å². The fourth-order valence-electron chi connectivity index (χ4n) is 0.910. The highest BCUT2D eigenvalue weighted by molar-refractivity contribution is 5.36. The number of carbonyl (C=O) groups excluding carboxylic acids is 1. The van der Waals surface area contributed by atoms with Crippen molar-refractivity contribution in [3.63, 3.8) is 0 Å². The molecule has 3 nitrogen and oxygen atoms in total. The summed E-state index contributed by atoms with van der Waals surface area (Å²) < 4.78 is 4.55. The van der Waals surface area contributed by atoms with Gasteiger partial charge in [-0.1, -0.05) is 13.3 Å². The van der Waals surface area contributed by atoms with Gasteiger partial charge in [0.05, 0.1) is 6.61 Å². The Hall–Kier alpha value is -0.570. The summed E-state index contributed by atoms with van der Waals surface area (Å²) in [5, 5.41) is 3.32. The minimum atomic E-state index is 0.504. The van der Waals surface area contributed by atoms with Gasteiger partial charge in [-0.2, -0.15) is 0 Å². The Labute approximate surface area is 74.5 Å². The second-order valence-corrected chi connectivity index (χ2v) is 2.78. The SMILES string of the molecule is CCCCNCCCCOC=O. The number of ether oxygens (including phenoxy) is 1. The first-order valence-electron chi connectivity index (χ1n) is 4.67. The molecule has 0 aromatic rings. The van der Waals surface area contributed by atoms with Gasteiger partial charge >= 0.3 is 0 Å². The van der Waals surface area contributed by atoms with Gasteiger partial charge in [-0.15, -0.1) is 0 Å². The first-order valence-corrected chi connectivity index (χ1v) is 4.67. The van der Waals surface area contributed by atoms with Crippen molar-refractivity contribution in [2.24, 2.45) is 0 Å². The minimum absolute atomic E-state index is 0.504. The van der Waals surface area contributed by atoms with Gasteiger partial charge in [-0.05, 0) is 32.4 Å². The molecule has 0 saturated heterocycles. The van der Waals surface area contributed by atoms with E-state index in [4.69, 9.17) is 0 Å². The Bertz CT molecular complexity index is 96.5. The lowest BCUT2D eigenvalue weighted by molar-refractivity contribution is -0.128. The molecule has 0 rings (SSSR count). The third kappa shape index (κ3) is 9.43.